The maximum Gasteiger partial charge on any atom is 0.339 e. The lowest BCUT2D eigenvalue weighted by Crippen LogP contribution is -2.14. The Morgan fingerprint density at radius 3 is 2.22 bits per heavy atom. The van der Waals surface area contributed by atoms with E-state index < -0.39 is 5.97 Å². The van der Waals surface area contributed by atoms with Crippen molar-refractivity contribution in [1.29, 1.82) is 0 Å². The van der Waals surface area contributed by atoms with Gasteiger partial charge in [0.1, 0.15) is 11.3 Å². The van der Waals surface area contributed by atoms with E-state index in [4.69, 9.17) is 5.11 Å². The maximum absolute atomic E-state index is 11.2. The summed E-state index contributed by atoms with van der Waals surface area (Å²) >= 11 is 0. The van der Waals surface area contributed by atoms with Crippen LogP contribution in [0.3, 0.4) is 0 Å². The fourth-order valence-electron chi connectivity index (χ4n) is 3.85. The third-order valence-electron chi connectivity index (χ3n) is 5.33. The van der Waals surface area contributed by atoms with Crippen molar-refractivity contribution in [2.45, 2.75) is 19.3 Å². The van der Waals surface area contributed by atoms with E-state index in [-0.39, 0.29) is 16.7 Å². The van der Waals surface area contributed by atoms with Crippen molar-refractivity contribution in [2.24, 2.45) is 0 Å². The topological polar surface area (TPSA) is 57.5 Å². The normalized spacial score (nSPS) is 14.1. The first kappa shape index (κ1) is 17.1. The number of carbonyl (C=O) groups is 1. The highest BCUT2D eigenvalue weighted by Gasteiger charge is 2.34. The third kappa shape index (κ3) is 2.81. The van der Waals surface area contributed by atoms with Gasteiger partial charge in [0.05, 0.1) is 0 Å². The minimum atomic E-state index is -1.14. The van der Waals surface area contributed by atoms with E-state index in [1.165, 1.54) is 34.4 Å². The quantitative estimate of drug-likeness (QED) is 0.603. The number of rotatable bonds is 3. The van der Waals surface area contributed by atoms with Gasteiger partial charge in [-0.15, -0.1) is 0 Å². The maximum atomic E-state index is 11.2. The Morgan fingerprint density at radius 1 is 0.852 bits per heavy atom. The molecule has 0 saturated heterocycles. The molecular formula is C24H20O3. The Balaban J connectivity index is 1.70. The standard InChI is InChI=1S/C24H20O3/c1-24(2)20-6-4-3-5-17(20)18-11-9-16(14-21(18)24)8-7-15-10-12-22(25)19(13-15)23(26)27/h3-14,25H,1-2H3,(H,26,27)/b8-7+. The zero-order chi connectivity index (χ0) is 19.2. The van der Waals surface area contributed by atoms with Crippen molar-refractivity contribution in [2.75, 3.05) is 0 Å². The fraction of sp³-hybridized carbons (Fsp3) is 0.125. The van der Waals surface area contributed by atoms with Crippen molar-refractivity contribution < 1.29 is 15.0 Å². The zero-order valence-electron chi connectivity index (χ0n) is 15.2. The molecule has 0 amide bonds. The van der Waals surface area contributed by atoms with Crippen LogP contribution in [0.25, 0.3) is 23.3 Å². The minimum Gasteiger partial charge on any atom is -0.507 e. The first-order valence-corrected chi connectivity index (χ1v) is 8.87. The Morgan fingerprint density at radius 2 is 1.48 bits per heavy atom. The molecule has 1 aliphatic carbocycles. The van der Waals surface area contributed by atoms with Gasteiger partial charge in [0.25, 0.3) is 0 Å². The molecule has 3 aromatic rings. The van der Waals surface area contributed by atoms with Crippen LogP contribution < -0.4 is 0 Å². The van der Waals surface area contributed by atoms with Gasteiger partial charge in [0.15, 0.2) is 0 Å². The number of phenols is 1. The number of hydrogen-bond donors (Lipinski definition) is 2. The Bertz CT molecular complexity index is 1090. The predicted molar refractivity (Wildman–Crippen MR) is 108 cm³/mol. The second-order valence-electron chi connectivity index (χ2n) is 7.39. The number of benzene rings is 3. The first-order chi connectivity index (χ1) is 12.9. The third-order valence-corrected chi connectivity index (χ3v) is 5.33. The van der Waals surface area contributed by atoms with Crippen LogP contribution in [0.1, 0.15) is 46.5 Å². The summed E-state index contributed by atoms with van der Waals surface area (Å²) in [5.41, 5.74) is 6.83. The average Bonchev–Trinajstić information content (AvgIpc) is 2.88. The summed E-state index contributed by atoms with van der Waals surface area (Å²) in [6.45, 7) is 4.48. The van der Waals surface area contributed by atoms with E-state index in [9.17, 15) is 9.90 Å². The van der Waals surface area contributed by atoms with Gasteiger partial charge >= 0.3 is 5.97 Å². The van der Waals surface area contributed by atoms with Crippen molar-refractivity contribution in [3.8, 4) is 16.9 Å². The molecule has 4 rings (SSSR count). The van der Waals surface area contributed by atoms with Crippen molar-refractivity contribution >= 4 is 18.1 Å². The van der Waals surface area contributed by atoms with E-state index in [0.717, 1.165) is 11.1 Å². The minimum absolute atomic E-state index is 0.0508. The number of carboxylic acid groups (broad SMARTS) is 1. The molecule has 0 saturated carbocycles. The molecule has 2 N–H and O–H groups in total. The average molecular weight is 356 g/mol. The SMILES string of the molecule is CC1(C)c2ccccc2-c2ccc(/C=C/c3ccc(O)c(C(=O)O)c3)cc21. The molecule has 0 heterocycles. The summed E-state index contributed by atoms with van der Waals surface area (Å²) in [4.78, 5) is 11.2. The van der Waals surface area contributed by atoms with Gasteiger partial charge in [-0.3, -0.25) is 0 Å². The molecule has 3 heteroatoms. The summed E-state index contributed by atoms with van der Waals surface area (Å²) in [7, 11) is 0. The smallest absolute Gasteiger partial charge is 0.339 e. The molecule has 0 aromatic heterocycles. The van der Waals surface area contributed by atoms with Crippen LogP contribution in [0.15, 0.2) is 60.7 Å². The highest BCUT2D eigenvalue weighted by atomic mass is 16.4. The first-order valence-electron chi connectivity index (χ1n) is 8.87. The monoisotopic (exact) mass is 356 g/mol. The van der Waals surface area contributed by atoms with Crippen LogP contribution in [0.2, 0.25) is 0 Å². The second-order valence-corrected chi connectivity index (χ2v) is 7.39. The molecule has 3 nitrogen and oxygen atoms in total. The molecule has 0 aliphatic heterocycles. The highest BCUT2D eigenvalue weighted by Crippen LogP contribution is 2.48. The van der Waals surface area contributed by atoms with Crippen LogP contribution in [0.5, 0.6) is 5.75 Å². The van der Waals surface area contributed by atoms with Gasteiger partial charge in [-0.25, -0.2) is 4.79 Å². The van der Waals surface area contributed by atoms with Gasteiger partial charge in [0, 0.05) is 5.41 Å². The van der Waals surface area contributed by atoms with Gasteiger partial charge in [-0.1, -0.05) is 74.5 Å². The van der Waals surface area contributed by atoms with Crippen LogP contribution in [0.4, 0.5) is 0 Å². The number of aromatic hydroxyl groups is 1. The Kier molecular flexibility index (Phi) is 3.88. The molecular weight excluding hydrogens is 336 g/mol. The second kappa shape index (κ2) is 6.13. The Hall–Kier alpha value is -3.33. The van der Waals surface area contributed by atoms with Gasteiger partial charge in [-0.2, -0.15) is 0 Å². The van der Waals surface area contributed by atoms with Gasteiger partial charge in [-0.05, 0) is 45.5 Å². The van der Waals surface area contributed by atoms with E-state index in [1.54, 1.807) is 6.07 Å². The molecule has 27 heavy (non-hydrogen) atoms. The van der Waals surface area contributed by atoms with Crippen LogP contribution in [0, 0.1) is 0 Å². The molecule has 0 radical (unpaired) electrons. The molecule has 0 spiro atoms. The Labute approximate surface area is 158 Å². The number of carboxylic acids is 1. The van der Waals surface area contributed by atoms with Crippen molar-refractivity contribution in [3.63, 3.8) is 0 Å². The largest absolute Gasteiger partial charge is 0.507 e. The van der Waals surface area contributed by atoms with E-state index in [2.05, 4.69) is 56.3 Å². The molecule has 3 aromatic carbocycles. The molecule has 134 valence electrons. The zero-order valence-corrected chi connectivity index (χ0v) is 15.2. The van der Waals surface area contributed by atoms with E-state index >= 15 is 0 Å². The van der Waals surface area contributed by atoms with Gasteiger partial charge < -0.3 is 10.2 Å². The van der Waals surface area contributed by atoms with Crippen molar-refractivity contribution in [3.05, 3.63) is 88.5 Å². The number of fused-ring (bicyclic) bond motifs is 3. The lowest BCUT2D eigenvalue weighted by Gasteiger charge is -2.21. The summed E-state index contributed by atoms with van der Waals surface area (Å²) in [6.07, 6.45) is 3.83. The van der Waals surface area contributed by atoms with Crippen LogP contribution in [-0.4, -0.2) is 16.2 Å². The lowest BCUT2D eigenvalue weighted by atomic mass is 9.82. The molecule has 0 fully saturated rings. The molecule has 0 atom stereocenters. The predicted octanol–water partition coefficient (Wildman–Crippen LogP) is 5.57. The molecule has 0 bridgehead atoms. The number of hydrogen-bond acceptors (Lipinski definition) is 2. The lowest BCUT2D eigenvalue weighted by molar-refractivity contribution is 0.0693. The fourth-order valence-corrected chi connectivity index (χ4v) is 3.85. The molecule has 0 unspecified atom stereocenters. The summed E-state index contributed by atoms with van der Waals surface area (Å²) < 4.78 is 0. The van der Waals surface area contributed by atoms with Gasteiger partial charge in [0.2, 0.25) is 0 Å². The van der Waals surface area contributed by atoms with E-state index in [0.29, 0.717) is 0 Å². The summed E-state index contributed by atoms with van der Waals surface area (Å²) in [5.74, 6) is -1.36. The highest BCUT2D eigenvalue weighted by molar-refractivity contribution is 5.92. The summed E-state index contributed by atoms with van der Waals surface area (Å²) in [6, 6.07) is 19.5. The van der Waals surface area contributed by atoms with E-state index in [1.807, 2.05) is 12.2 Å². The van der Waals surface area contributed by atoms with Crippen molar-refractivity contribution in [1.82, 2.24) is 0 Å². The van der Waals surface area contributed by atoms with Crippen LogP contribution in [-0.2, 0) is 5.41 Å². The number of aromatic carboxylic acids is 1. The summed E-state index contributed by atoms with van der Waals surface area (Å²) in [5, 5.41) is 18.8. The molecule has 1 aliphatic rings. The van der Waals surface area contributed by atoms with Crippen LogP contribution >= 0.6 is 0 Å².